The molecule has 0 radical (unpaired) electrons. The molecule has 0 bridgehead atoms. The molecule has 0 N–H and O–H groups in total. The Morgan fingerprint density at radius 3 is 1.60 bits per heavy atom. The van der Waals surface area contributed by atoms with Gasteiger partial charge in [-0.3, -0.25) is 0 Å². The van der Waals surface area contributed by atoms with Crippen molar-refractivity contribution in [2.45, 2.75) is 26.7 Å². The lowest BCUT2D eigenvalue weighted by Gasteiger charge is -2.05. The Hall–Kier alpha value is -1.07. The molecule has 0 saturated heterocycles. The number of nitrogens with zero attached hydrogens (tertiary/aromatic N) is 2. The number of nitriles is 2. The maximum Gasteiger partial charge on any atom is 0.150 e. The van der Waals surface area contributed by atoms with Crippen molar-refractivity contribution in [2.24, 2.45) is 11.8 Å². The van der Waals surface area contributed by atoms with Crippen LogP contribution in [0, 0.1) is 34.5 Å². The van der Waals surface area contributed by atoms with Gasteiger partial charge in [0.15, 0.2) is 0 Å². The Balaban J connectivity index is 4.01. The largest absolute Gasteiger partial charge is 0.229 e. The number of rotatable bonds is 6. The fraction of sp³-hybridized carbons (Fsp3) is 0.800. The topological polar surface area (TPSA) is 81.7 Å². The zero-order valence-electron chi connectivity index (χ0n) is 9.10. The van der Waals surface area contributed by atoms with Gasteiger partial charge in [0.05, 0.1) is 23.6 Å². The van der Waals surface area contributed by atoms with Crippen molar-refractivity contribution >= 4 is 9.84 Å². The molecule has 4 nitrogen and oxygen atoms in total. The van der Waals surface area contributed by atoms with Crippen molar-refractivity contribution in [1.29, 1.82) is 10.5 Å². The van der Waals surface area contributed by atoms with E-state index in [0.717, 1.165) is 0 Å². The summed E-state index contributed by atoms with van der Waals surface area (Å²) in [4.78, 5) is 0. The van der Waals surface area contributed by atoms with E-state index in [1.54, 1.807) is 13.8 Å². The lowest BCUT2D eigenvalue weighted by molar-refractivity contribution is 0.578. The average molecular weight is 228 g/mol. The Kier molecular flexibility index (Phi) is 5.96. The van der Waals surface area contributed by atoms with Crippen LogP contribution in [-0.2, 0) is 9.84 Å². The zero-order chi connectivity index (χ0) is 11.9. The molecule has 0 aliphatic heterocycles. The standard InChI is InChI=1S/C10H16N2O2S/c1-9(7-11)3-5-15(13,14)6-4-10(2)8-12/h9-10H,3-6H2,1-2H3. The second kappa shape index (κ2) is 6.42. The summed E-state index contributed by atoms with van der Waals surface area (Å²) in [5, 5.41) is 17.0. The van der Waals surface area contributed by atoms with Crippen LogP contribution in [0.25, 0.3) is 0 Å². The SMILES string of the molecule is CC(C#N)CCS(=O)(=O)CCC(C)C#N. The second-order valence-electron chi connectivity index (χ2n) is 3.79. The van der Waals surface area contributed by atoms with Crippen LogP contribution in [0.2, 0.25) is 0 Å². The van der Waals surface area contributed by atoms with E-state index in [4.69, 9.17) is 10.5 Å². The second-order valence-corrected chi connectivity index (χ2v) is 6.09. The van der Waals surface area contributed by atoms with Crippen LogP contribution in [0.1, 0.15) is 26.7 Å². The lowest BCUT2D eigenvalue weighted by atomic mass is 10.1. The summed E-state index contributed by atoms with van der Waals surface area (Å²) in [7, 11) is -3.09. The Morgan fingerprint density at radius 2 is 1.33 bits per heavy atom. The van der Waals surface area contributed by atoms with E-state index < -0.39 is 9.84 Å². The van der Waals surface area contributed by atoms with Crippen molar-refractivity contribution in [1.82, 2.24) is 0 Å². The van der Waals surface area contributed by atoms with Crippen LogP contribution in [0.15, 0.2) is 0 Å². The van der Waals surface area contributed by atoms with Gasteiger partial charge in [-0.1, -0.05) is 0 Å². The number of sulfone groups is 1. The molecule has 2 unspecified atom stereocenters. The van der Waals surface area contributed by atoms with E-state index in [2.05, 4.69) is 0 Å². The van der Waals surface area contributed by atoms with Gasteiger partial charge in [-0.15, -0.1) is 0 Å². The zero-order valence-corrected chi connectivity index (χ0v) is 9.92. The van der Waals surface area contributed by atoms with Gasteiger partial charge in [0, 0.05) is 11.8 Å². The van der Waals surface area contributed by atoms with Crippen LogP contribution in [0.4, 0.5) is 0 Å². The van der Waals surface area contributed by atoms with E-state index in [1.165, 1.54) is 0 Å². The van der Waals surface area contributed by atoms with Crippen LogP contribution in [-0.4, -0.2) is 19.9 Å². The lowest BCUT2D eigenvalue weighted by Crippen LogP contribution is -2.14. The molecule has 0 aromatic carbocycles. The van der Waals surface area contributed by atoms with Crippen molar-refractivity contribution < 1.29 is 8.42 Å². The minimum Gasteiger partial charge on any atom is -0.229 e. The van der Waals surface area contributed by atoms with Crippen LogP contribution in [0.3, 0.4) is 0 Å². The molecule has 0 aromatic heterocycles. The third kappa shape index (κ3) is 6.93. The molecular weight excluding hydrogens is 212 g/mol. The highest BCUT2D eigenvalue weighted by Gasteiger charge is 2.14. The van der Waals surface area contributed by atoms with E-state index in [-0.39, 0.29) is 23.3 Å². The summed E-state index contributed by atoms with van der Waals surface area (Å²) >= 11 is 0. The maximum absolute atomic E-state index is 11.5. The van der Waals surface area contributed by atoms with E-state index in [9.17, 15) is 8.42 Å². The number of hydrogen-bond donors (Lipinski definition) is 0. The van der Waals surface area contributed by atoms with E-state index in [1.807, 2.05) is 12.1 Å². The van der Waals surface area contributed by atoms with E-state index in [0.29, 0.717) is 12.8 Å². The van der Waals surface area contributed by atoms with Crippen molar-refractivity contribution in [2.75, 3.05) is 11.5 Å². The maximum atomic E-state index is 11.5. The first-order chi connectivity index (χ1) is 6.91. The molecule has 15 heavy (non-hydrogen) atoms. The van der Waals surface area contributed by atoms with Crippen molar-refractivity contribution in [3.8, 4) is 12.1 Å². The molecule has 0 amide bonds. The van der Waals surface area contributed by atoms with Gasteiger partial charge >= 0.3 is 0 Å². The quantitative estimate of drug-likeness (QED) is 0.689. The Morgan fingerprint density at radius 1 is 1.00 bits per heavy atom. The van der Waals surface area contributed by atoms with Crippen molar-refractivity contribution in [3.05, 3.63) is 0 Å². The minimum atomic E-state index is -3.09. The molecular formula is C10H16N2O2S. The summed E-state index contributed by atoms with van der Waals surface area (Å²) in [5.74, 6) is -0.374. The van der Waals surface area contributed by atoms with Gasteiger partial charge in [0.2, 0.25) is 0 Å². The Labute approximate surface area is 91.4 Å². The third-order valence-electron chi connectivity index (χ3n) is 2.16. The molecule has 0 aliphatic carbocycles. The molecule has 84 valence electrons. The third-order valence-corrected chi connectivity index (χ3v) is 3.88. The molecule has 5 heteroatoms. The van der Waals surface area contributed by atoms with Crippen molar-refractivity contribution in [3.63, 3.8) is 0 Å². The van der Waals surface area contributed by atoms with Gasteiger partial charge in [-0.25, -0.2) is 8.42 Å². The van der Waals surface area contributed by atoms with Crippen LogP contribution < -0.4 is 0 Å². The predicted molar refractivity (Wildman–Crippen MR) is 57.4 cm³/mol. The fourth-order valence-electron chi connectivity index (χ4n) is 0.944. The predicted octanol–water partition coefficient (Wildman–Crippen LogP) is 1.50. The summed E-state index contributed by atoms with van der Waals surface area (Å²) in [5.41, 5.74) is 0. The highest BCUT2D eigenvalue weighted by molar-refractivity contribution is 7.91. The van der Waals surface area contributed by atoms with Crippen LogP contribution >= 0.6 is 0 Å². The smallest absolute Gasteiger partial charge is 0.150 e. The Bertz CT molecular complexity index is 332. The summed E-state index contributed by atoms with van der Waals surface area (Å²) < 4.78 is 22.9. The molecule has 0 heterocycles. The first kappa shape index (κ1) is 13.9. The monoisotopic (exact) mass is 228 g/mol. The molecule has 0 rings (SSSR count). The average Bonchev–Trinajstić information content (AvgIpc) is 2.22. The highest BCUT2D eigenvalue weighted by Crippen LogP contribution is 2.08. The van der Waals surface area contributed by atoms with E-state index >= 15 is 0 Å². The summed E-state index contributed by atoms with van der Waals surface area (Å²) in [6.45, 7) is 3.40. The van der Waals surface area contributed by atoms with Gasteiger partial charge < -0.3 is 0 Å². The molecule has 0 aliphatic rings. The first-order valence-corrected chi connectivity index (χ1v) is 6.73. The van der Waals surface area contributed by atoms with Gasteiger partial charge in [0.1, 0.15) is 9.84 Å². The molecule has 2 atom stereocenters. The fourth-order valence-corrected chi connectivity index (χ4v) is 2.57. The minimum absolute atomic E-state index is 0.0415. The molecule has 0 saturated carbocycles. The summed E-state index contributed by atoms with van der Waals surface area (Å²) in [6, 6.07) is 3.99. The summed E-state index contributed by atoms with van der Waals surface area (Å²) in [6.07, 6.45) is 0.750. The van der Waals surface area contributed by atoms with Crippen LogP contribution in [0.5, 0.6) is 0 Å². The van der Waals surface area contributed by atoms with Gasteiger partial charge in [-0.2, -0.15) is 10.5 Å². The first-order valence-electron chi connectivity index (χ1n) is 4.91. The molecule has 0 spiro atoms. The van der Waals surface area contributed by atoms with Gasteiger partial charge in [-0.05, 0) is 26.7 Å². The van der Waals surface area contributed by atoms with Gasteiger partial charge in [0.25, 0.3) is 0 Å². The molecule has 0 aromatic rings. The number of hydrogen-bond acceptors (Lipinski definition) is 4. The normalized spacial score (nSPS) is 14.9. The highest BCUT2D eigenvalue weighted by atomic mass is 32.2. The molecule has 0 fully saturated rings.